The van der Waals surface area contributed by atoms with Gasteiger partial charge in [-0.1, -0.05) is 51.9 Å². The van der Waals surface area contributed by atoms with Crippen LogP contribution in [0.1, 0.15) is 58.3 Å². The fourth-order valence-electron chi connectivity index (χ4n) is 1.38. The summed E-state index contributed by atoms with van der Waals surface area (Å²) in [6.45, 7) is 2.56. The molecule has 0 saturated carbocycles. The first-order valence-electron chi connectivity index (χ1n) is 5.54. The molecule has 0 rings (SSSR count). The molecule has 0 aromatic rings. The molecule has 0 heterocycles. The minimum atomic E-state index is -2.63. The van der Waals surface area contributed by atoms with Gasteiger partial charge in [-0.2, -0.15) is 0 Å². The van der Waals surface area contributed by atoms with Crippen molar-refractivity contribution in [1.29, 1.82) is 0 Å². The fraction of sp³-hybridized carbons (Fsp3) is 1.00. The van der Waals surface area contributed by atoms with Crippen LogP contribution in [0.5, 0.6) is 0 Å². The first kappa shape index (κ1) is 17.9. The van der Waals surface area contributed by atoms with Crippen LogP contribution in [0.4, 0.5) is 0 Å². The third kappa shape index (κ3) is 17.1. The predicted molar refractivity (Wildman–Crippen MR) is 66.0 cm³/mol. The van der Waals surface area contributed by atoms with Crippen molar-refractivity contribution < 1.29 is 12.6 Å². The van der Waals surface area contributed by atoms with Gasteiger partial charge in [-0.15, -0.1) is 0 Å². The molecule has 0 aromatic heterocycles. The molecule has 0 atom stereocenters. The van der Waals surface area contributed by atoms with Gasteiger partial charge in [0.05, 0.1) is 6.61 Å². The number of hydrogen-bond donors (Lipinski definition) is 1. The molecular formula is C10H23LiO3S. The second-order valence-electron chi connectivity index (χ2n) is 3.53. The van der Waals surface area contributed by atoms with Gasteiger partial charge >= 0.3 is 18.9 Å². The number of hydrogen-bond acceptors (Lipinski definition) is 3. The van der Waals surface area contributed by atoms with Gasteiger partial charge in [0.15, 0.2) is 0 Å². The topological polar surface area (TPSA) is 43.4 Å². The second-order valence-corrected chi connectivity index (χ2v) is 4.24. The summed E-state index contributed by atoms with van der Waals surface area (Å²) in [6.07, 6.45) is 9.66. The van der Waals surface area contributed by atoms with Crippen LogP contribution in [0, 0.1) is 0 Å². The van der Waals surface area contributed by atoms with Crippen molar-refractivity contribution in [3.05, 3.63) is 0 Å². The van der Waals surface area contributed by atoms with Crippen molar-refractivity contribution in [3.8, 4) is 0 Å². The Morgan fingerprint density at radius 2 is 1.33 bits per heavy atom. The zero-order valence-corrected chi connectivity index (χ0v) is 9.93. The van der Waals surface area contributed by atoms with Gasteiger partial charge in [-0.3, -0.25) is 4.18 Å². The van der Waals surface area contributed by atoms with Crippen molar-refractivity contribution in [3.63, 3.8) is 0 Å². The van der Waals surface area contributed by atoms with Crippen molar-refractivity contribution in [2.24, 2.45) is 0 Å². The molecule has 0 bridgehead atoms. The summed E-state index contributed by atoms with van der Waals surface area (Å²) in [6, 6.07) is 0. The van der Waals surface area contributed by atoms with E-state index in [0.29, 0.717) is 6.61 Å². The van der Waals surface area contributed by atoms with E-state index in [1.165, 1.54) is 38.5 Å². The van der Waals surface area contributed by atoms with Gasteiger partial charge in [0, 0.05) is 0 Å². The average molecular weight is 230 g/mol. The molecule has 0 amide bonds. The Hall–Kier alpha value is 0.507. The third-order valence-corrected chi connectivity index (χ3v) is 2.59. The summed E-state index contributed by atoms with van der Waals surface area (Å²) in [5, 5.41) is 0. The van der Waals surface area contributed by atoms with E-state index in [-0.39, 0.29) is 18.9 Å². The summed E-state index contributed by atoms with van der Waals surface area (Å²) < 4.78 is 24.5. The van der Waals surface area contributed by atoms with Crippen molar-refractivity contribution in [2.75, 3.05) is 6.61 Å². The standard InChI is InChI=1S/C10H22O3S.Li.H/c1-2-3-4-5-6-7-8-9-10-13-14(11)12;;/h14H,2-10H2,1H3;;. The molecule has 5 heteroatoms. The normalized spacial score (nSPS) is 10.3. The van der Waals surface area contributed by atoms with Crippen LogP contribution < -0.4 is 0 Å². The van der Waals surface area contributed by atoms with Gasteiger partial charge in [-0.25, -0.2) is 8.42 Å². The van der Waals surface area contributed by atoms with E-state index in [9.17, 15) is 8.42 Å². The maximum atomic E-state index is 10.0. The molecule has 0 saturated heterocycles. The molecule has 0 aliphatic carbocycles. The monoisotopic (exact) mass is 230 g/mol. The Kier molecular flexibility index (Phi) is 17.3. The molecule has 0 unspecified atom stereocenters. The molecule has 15 heavy (non-hydrogen) atoms. The van der Waals surface area contributed by atoms with Crippen LogP contribution in [0.2, 0.25) is 0 Å². The Balaban J connectivity index is 0. The van der Waals surface area contributed by atoms with Crippen molar-refractivity contribution >= 4 is 29.8 Å². The number of rotatable bonds is 10. The van der Waals surface area contributed by atoms with E-state index in [1.807, 2.05) is 0 Å². The molecule has 0 radical (unpaired) electrons. The van der Waals surface area contributed by atoms with Gasteiger partial charge in [0.2, 0.25) is 0 Å². The second kappa shape index (κ2) is 14.5. The van der Waals surface area contributed by atoms with E-state index < -0.39 is 11.0 Å². The van der Waals surface area contributed by atoms with E-state index in [2.05, 4.69) is 11.1 Å². The minimum absolute atomic E-state index is 0. The molecular weight excluding hydrogens is 207 g/mol. The third-order valence-electron chi connectivity index (χ3n) is 2.19. The Morgan fingerprint density at radius 3 is 1.80 bits per heavy atom. The molecule has 0 aromatic carbocycles. The Morgan fingerprint density at radius 1 is 0.867 bits per heavy atom. The molecule has 88 valence electrons. The van der Waals surface area contributed by atoms with E-state index in [4.69, 9.17) is 0 Å². The van der Waals surface area contributed by atoms with Crippen molar-refractivity contribution in [2.45, 2.75) is 58.3 Å². The summed E-state index contributed by atoms with van der Waals surface area (Å²) in [7, 11) is -2.63. The van der Waals surface area contributed by atoms with Crippen molar-refractivity contribution in [1.82, 2.24) is 0 Å². The molecule has 0 fully saturated rings. The number of thiol groups is 1. The molecule has 0 spiro atoms. The van der Waals surface area contributed by atoms with Crippen LogP contribution in [-0.4, -0.2) is 33.9 Å². The van der Waals surface area contributed by atoms with E-state index in [1.54, 1.807) is 0 Å². The summed E-state index contributed by atoms with van der Waals surface area (Å²) in [4.78, 5) is 0. The van der Waals surface area contributed by atoms with E-state index in [0.717, 1.165) is 12.8 Å². The Labute approximate surface area is 107 Å². The van der Waals surface area contributed by atoms with Crippen LogP contribution in [0.25, 0.3) is 0 Å². The van der Waals surface area contributed by atoms with Gasteiger partial charge in [0.1, 0.15) is 0 Å². The molecule has 3 nitrogen and oxygen atoms in total. The van der Waals surface area contributed by atoms with Crippen LogP contribution >= 0.6 is 0 Å². The van der Waals surface area contributed by atoms with Crippen LogP contribution in [0.15, 0.2) is 0 Å². The maximum absolute atomic E-state index is 10.0. The zero-order chi connectivity index (χ0) is 10.6. The summed E-state index contributed by atoms with van der Waals surface area (Å²) in [5.41, 5.74) is 0. The fourth-order valence-corrected chi connectivity index (χ4v) is 1.65. The molecule has 0 N–H and O–H groups in total. The van der Waals surface area contributed by atoms with Crippen LogP contribution in [0.3, 0.4) is 0 Å². The van der Waals surface area contributed by atoms with Crippen LogP contribution in [-0.2, 0) is 15.2 Å². The quantitative estimate of drug-likeness (QED) is 0.355. The van der Waals surface area contributed by atoms with Gasteiger partial charge in [0.25, 0.3) is 11.0 Å². The first-order chi connectivity index (χ1) is 6.77. The van der Waals surface area contributed by atoms with Gasteiger partial charge in [-0.05, 0) is 6.42 Å². The Bertz CT molecular complexity index is 176. The predicted octanol–water partition coefficient (Wildman–Crippen LogP) is 2.02. The number of unbranched alkanes of at least 4 members (excludes halogenated alkanes) is 7. The zero-order valence-electron chi connectivity index (χ0n) is 9.04. The van der Waals surface area contributed by atoms with Gasteiger partial charge < -0.3 is 0 Å². The average Bonchev–Trinajstić information content (AvgIpc) is 2.15. The molecule has 0 aliphatic rings. The summed E-state index contributed by atoms with van der Waals surface area (Å²) in [5.74, 6) is 0. The first-order valence-corrected chi connectivity index (χ1v) is 6.64. The SMILES string of the molecule is CCCCCCCCCCO[SH](=O)=O.[LiH]. The molecule has 0 aliphatic heterocycles. The van der Waals surface area contributed by atoms with E-state index >= 15 is 0 Å². The summed E-state index contributed by atoms with van der Waals surface area (Å²) >= 11 is 0.